The maximum atomic E-state index is 10.4. The number of hydrogen-bond acceptors (Lipinski definition) is 4. The first-order chi connectivity index (χ1) is 6.22. The number of aryl methyl sites for hydroxylation is 2. The summed E-state index contributed by atoms with van der Waals surface area (Å²) >= 11 is 0. The molecule has 13 heavy (non-hydrogen) atoms. The average molecular weight is 176 g/mol. The van der Waals surface area contributed by atoms with E-state index in [1.165, 1.54) is 0 Å². The molecule has 0 radical (unpaired) electrons. The Morgan fingerprint density at radius 1 is 1.38 bits per heavy atom. The van der Waals surface area contributed by atoms with Gasteiger partial charge in [0.15, 0.2) is 11.5 Å². The second-order valence-electron chi connectivity index (χ2n) is 2.88. The summed E-state index contributed by atoms with van der Waals surface area (Å²) in [4.78, 5) is 14.5. The molecule has 1 aromatic carbocycles. The van der Waals surface area contributed by atoms with Crippen molar-refractivity contribution in [1.82, 2.24) is 4.98 Å². The highest BCUT2D eigenvalue weighted by Gasteiger charge is 2.08. The lowest BCUT2D eigenvalue weighted by molar-refractivity contribution is 0.561. The van der Waals surface area contributed by atoms with Crippen LogP contribution in [0.2, 0.25) is 0 Å². The van der Waals surface area contributed by atoms with E-state index in [9.17, 15) is 4.91 Å². The topological polar surface area (TPSA) is 55.5 Å². The normalized spacial score (nSPS) is 10.6. The van der Waals surface area contributed by atoms with E-state index in [1.807, 2.05) is 0 Å². The third kappa shape index (κ3) is 1.11. The minimum Gasteiger partial charge on any atom is -0.441 e. The predicted molar refractivity (Wildman–Crippen MR) is 48.9 cm³/mol. The molecule has 0 N–H and O–H groups in total. The molecule has 0 bridgehead atoms. The Hall–Kier alpha value is -1.71. The Balaban J connectivity index is 2.85. The SMILES string of the molecule is Cc1nc2c(C)c(N=O)ccc2o1. The number of nitroso groups, excluding NO2 is 1. The van der Waals surface area contributed by atoms with Gasteiger partial charge in [0.2, 0.25) is 0 Å². The third-order valence-corrected chi connectivity index (χ3v) is 1.99. The van der Waals surface area contributed by atoms with Gasteiger partial charge in [-0.3, -0.25) is 0 Å². The van der Waals surface area contributed by atoms with Crippen molar-refractivity contribution in [2.24, 2.45) is 5.18 Å². The zero-order chi connectivity index (χ0) is 9.42. The molecule has 2 aromatic rings. The number of fused-ring (bicyclic) bond motifs is 1. The molecular weight excluding hydrogens is 168 g/mol. The van der Waals surface area contributed by atoms with Crippen LogP contribution in [-0.4, -0.2) is 4.98 Å². The number of rotatable bonds is 1. The van der Waals surface area contributed by atoms with Gasteiger partial charge in [-0.1, -0.05) is 0 Å². The summed E-state index contributed by atoms with van der Waals surface area (Å²) in [7, 11) is 0. The van der Waals surface area contributed by atoms with Crippen molar-refractivity contribution in [3.8, 4) is 0 Å². The van der Waals surface area contributed by atoms with E-state index in [4.69, 9.17) is 4.42 Å². The van der Waals surface area contributed by atoms with Gasteiger partial charge in [0.1, 0.15) is 11.2 Å². The number of benzene rings is 1. The van der Waals surface area contributed by atoms with Crippen molar-refractivity contribution in [3.63, 3.8) is 0 Å². The van der Waals surface area contributed by atoms with Crippen LogP contribution in [0.4, 0.5) is 5.69 Å². The maximum Gasteiger partial charge on any atom is 0.192 e. The molecule has 0 saturated heterocycles. The Morgan fingerprint density at radius 2 is 2.15 bits per heavy atom. The van der Waals surface area contributed by atoms with Crippen LogP contribution < -0.4 is 0 Å². The van der Waals surface area contributed by atoms with Crippen LogP contribution in [0, 0.1) is 18.8 Å². The molecule has 0 unspecified atom stereocenters. The molecule has 0 aliphatic carbocycles. The molecule has 0 spiro atoms. The van der Waals surface area contributed by atoms with Gasteiger partial charge in [0.25, 0.3) is 0 Å². The Bertz CT molecular complexity index is 474. The number of oxazole rings is 1. The van der Waals surface area contributed by atoms with Gasteiger partial charge in [-0.25, -0.2) is 4.98 Å². The van der Waals surface area contributed by atoms with Crippen LogP contribution in [0.3, 0.4) is 0 Å². The average Bonchev–Trinajstić information content (AvgIpc) is 2.47. The first-order valence-corrected chi connectivity index (χ1v) is 3.92. The lowest BCUT2D eigenvalue weighted by atomic mass is 10.2. The van der Waals surface area contributed by atoms with Crippen molar-refractivity contribution in [1.29, 1.82) is 0 Å². The van der Waals surface area contributed by atoms with Gasteiger partial charge in [-0.15, -0.1) is 4.91 Å². The molecule has 0 saturated carbocycles. The van der Waals surface area contributed by atoms with E-state index in [2.05, 4.69) is 10.2 Å². The molecule has 4 nitrogen and oxygen atoms in total. The summed E-state index contributed by atoms with van der Waals surface area (Å²) in [5.41, 5.74) is 2.60. The molecule has 0 atom stereocenters. The van der Waals surface area contributed by atoms with Gasteiger partial charge in [0, 0.05) is 12.5 Å². The van der Waals surface area contributed by atoms with Crippen LogP contribution in [-0.2, 0) is 0 Å². The Labute approximate surface area is 74.6 Å². The lowest BCUT2D eigenvalue weighted by Gasteiger charge is -1.94. The second-order valence-corrected chi connectivity index (χ2v) is 2.88. The van der Waals surface area contributed by atoms with E-state index in [-0.39, 0.29) is 0 Å². The fourth-order valence-corrected chi connectivity index (χ4v) is 1.32. The van der Waals surface area contributed by atoms with E-state index in [1.54, 1.807) is 26.0 Å². The zero-order valence-electron chi connectivity index (χ0n) is 7.37. The van der Waals surface area contributed by atoms with Crippen molar-refractivity contribution in [3.05, 3.63) is 28.5 Å². The monoisotopic (exact) mass is 176 g/mol. The van der Waals surface area contributed by atoms with Crippen molar-refractivity contribution in [2.45, 2.75) is 13.8 Å². The number of nitrogens with zero attached hydrogens (tertiary/aromatic N) is 2. The molecular formula is C9H8N2O2. The van der Waals surface area contributed by atoms with Crippen LogP contribution >= 0.6 is 0 Å². The molecule has 1 aromatic heterocycles. The summed E-state index contributed by atoms with van der Waals surface area (Å²) in [5.74, 6) is 0.598. The molecule has 66 valence electrons. The molecule has 0 aliphatic heterocycles. The zero-order valence-corrected chi connectivity index (χ0v) is 7.37. The lowest BCUT2D eigenvalue weighted by Crippen LogP contribution is -1.77. The summed E-state index contributed by atoms with van der Waals surface area (Å²) < 4.78 is 5.29. The molecule has 1 heterocycles. The van der Waals surface area contributed by atoms with Crippen molar-refractivity contribution >= 4 is 16.8 Å². The minimum atomic E-state index is 0.417. The van der Waals surface area contributed by atoms with E-state index in [0.717, 1.165) is 11.1 Å². The Kier molecular flexibility index (Phi) is 1.62. The third-order valence-electron chi connectivity index (χ3n) is 1.99. The standard InChI is InChI=1S/C9H8N2O2/c1-5-7(11-12)3-4-8-9(5)10-6(2)13-8/h3-4H,1-2H3. The summed E-state index contributed by atoms with van der Waals surface area (Å²) in [5, 5.41) is 2.90. The molecule has 2 rings (SSSR count). The van der Waals surface area contributed by atoms with Crippen LogP contribution in [0.25, 0.3) is 11.1 Å². The first kappa shape index (κ1) is 7.91. The minimum absolute atomic E-state index is 0.417. The van der Waals surface area contributed by atoms with Crippen LogP contribution in [0.1, 0.15) is 11.5 Å². The highest BCUT2D eigenvalue weighted by atomic mass is 16.3. The number of hydrogen-bond donors (Lipinski definition) is 0. The highest BCUT2D eigenvalue weighted by molar-refractivity contribution is 5.81. The van der Waals surface area contributed by atoms with Crippen LogP contribution in [0.15, 0.2) is 21.7 Å². The second kappa shape index (κ2) is 2.65. The Morgan fingerprint density at radius 3 is 2.85 bits per heavy atom. The van der Waals surface area contributed by atoms with Gasteiger partial charge < -0.3 is 4.42 Å². The highest BCUT2D eigenvalue weighted by Crippen LogP contribution is 2.27. The van der Waals surface area contributed by atoms with Crippen molar-refractivity contribution < 1.29 is 4.42 Å². The van der Waals surface area contributed by atoms with Crippen molar-refractivity contribution in [2.75, 3.05) is 0 Å². The molecule has 0 fully saturated rings. The van der Waals surface area contributed by atoms with Gasteiger partial charge in [-0.05, 0) is 24.2 Å². The van der Waals surface area contributed by atoms with Gasteiger partial charge in [0.05, 0.1) is 0 Å². The molecule has 4 heteroatoms. The molecule has 0 aliphatic rings. The van der Waals surface area contributed by atoms with Gasteiger partial charge in [-0.2, -0.15) is 0 Å². The number of aromatic nitrogens is 1. The predicted octanol–water partition coefficient (Wildman–Crippen LogP) is 2.84. The first-order valence-electron chi connectivity index (χ1n) is 3.92. The summed E-state index contributed by atoms with van der Waals surface area (Å²) in [6.07, 6.45) is 0. The molecule has 0 amide bonds. The quantitative estimate of drug-likeness (QED) is 0.627. The van der Waals surface area contributed by atoms with E-state index in [0.29, 0.717) is 17.2 Å². The smallest absolute Gasteiger partial charge is 0.192 e. The van der Waals surface area contributed by atoms with E-state index < -0.39 is 0 Å². The largest absolute Gasteiger partial charge is 0.441 e. The summed E-state index contributed by atoms with van der Waals surface area (Å²) in [6.45, 7) is 3.58. The fourth-order valence-electron chi connectivity index (χ4n) is 1.32. The fraction of sp³-hybridized carbons (Fsp3) is 0.222. The summed E-state index contributed by atoms with van der Waals surface area (Å²) in [6, 6.07) is 3.34. The maximum absolute atomic E-state index is 10.4. The van der Waals surface area contributed by atoms with Gasteiger partial charge >= 0.3 is 0 Å². The van der Waals surface area contributed by atoms with E-state index >= 15 is 0 Å². The van der Waals surface area contributed by atoms with Crippen LogP contribution in [0.5, 0.6) is 0 Å².